The molecular weight excluding hydrogens is 230 g/mol. The van der Waals surface area contributed by atoms with Crippen molar-refractivity contribution in [3.05, 3.63) is 30.3 Å². The molecule has 0 amide bonds. The molecule has 1 unspecified atom stereocenters. The van der Waals surface area contributed by atoms with Crippen molar-refractivity contribution in [2.24, 2.45) is 5.73 Å². The third-order valence-corrected chi connectivity index (χ3v) is 2.65. The number of esters is 1. The number of carbonyl (C=O) groups is 1. The molecule has 1 rings (SSSR count). The van der Waals surface area contributed by atoms with Crippen LogP contribution in [0.3, 0.4) is 0 Å². The van der Waals surface area contributed by atoms with Gasteiger partial charge in [-0.15, -0.1) is 0 Å². The van der Waals surface area contributed by atoms with Crippen molar-refractivity contribution in [3.8, 4) is 5.75 Å². The summed E-state index contributed by atoms with van der Waals surface area (Å²) in [6.07, 6.45) is 2.72. The molecule has 0 aliphatic carbocycles. The van der Waals surface area contributed by atoms with Gasteiger partial charge in [0.1, 0.15) is 5.75 Å². The molecule has 0 radical (unpaired) electrons. The summed E-state index contributed by atoms with van der Waals surface area (Å²) in [4.78, 5) is 11.5. The quantitative estimate of drug-likeness (QED) is 0.420. The Morgan fingerprint density at radius 1 is 1.22 bits per heavy atom. The van der Waals surface area contributed by atoms with Gasteiger partial charge in [-0.3, -0.25) is 4.79 Å². The van der Waals surface area contributed by atoms with Crippen molar-refractivity contribution >= 4 is 5.97 Å². The van der Waals surface area contributed by atoms with Gasteiger partial charge < -0.3 is 15.6 Å². The lowest BCUT2D eigenvalue weighted by atomic mass is 10.1. The number of nitrogens with two attached hydrogens (primary N) is 1. The van der Waals surface area contributed by atoms with E-state index >= 15 is 0 Å². The Bertz CT molecular complexity index is 340. The standard InChI is InChI=1S/C14H21NO3/c15-11-5-4-6-12(16)9-10-14(17)18-13-7-2-1-3-8-13/h1-3,7-8,12,16H,4-6,9-11,15H2. The molecule has 1 aromatic carbocycles. The van der Waals surface area contributed by atoms with E-state index < -0.39 is 6.10 Å². The van der Waals surface area contributed by atoms with Gasteiger partial charge in [0.25, 0.3) is 0 Å². The molecule has 0 saturated heterocycles. The van der Waals surface area contributed by atoms with Gasteiger partial charge in [-0.1, -0.05) is 18.2 Å². The lowest BCUT2D eigenvalue weighted by molar-refractivity contribution is -0.135. The molecule has 18 heavy (non-hydrogen) atoms. The van der Waals surface area contributed by atoms with E-state index in [4.69, 9.17) is 10.5 Å². The number of aliphatic hydroxyl groups is 1. The topological polar surface area (TPSA) is 72.5 Å². The van der Waals surface area contributed by atoms with E-state index in [1.165, 1.54) is 0 Å². The average Bonchev–Trinajstić information content (AvgIpc) is 2.38. The summed E-state index contributed by atoms with van der Waals surface area (Å²) in [5.41, 5.74) is 5.37. The second kappa shape index (κ2) is 8.66. The van der Waals surface area contributed by atoms with Crippen molar-refractivity contribution in [2.75, 3.05) is 6.54 Å². The van der Waals surface area contributed by atoms with Crippen LogP contribution in [0.5, 0.6) is 5.75 Å². The number of rotatable bonds is 8. The van der Waals surface area contributed by atoms with E-state index in [0.29, 0.717) is 25.1 Å². The minimum atomic E-state index is -0.445. The molecule has 0 aromatic heterocycles. The van der Waals surface area contributed by atoms with Crippen molar-refractivity contribution in [2.45, 2.75) is 38.2 Å². The smallest absolute Gasteiger partial charge is 0.311 e. The van der Waals surface area contributed by atoms with Crippen molar-refractivity contribution in [3.63, 3.8) is 0 Å². The summed E-state index contributed by atoms with van der Waals surface area (Å²) in [5, 5.41) is 9.64. The monoisotopic (exact) mass is 251 g/mol. The Labute approximate surface area is 108 Å². The molecule has 0 aliphatic rings. The first-order valence-corrected chi connectivity index (χ1v) is 6.36. The molecule has 0 spiro atoms. The van der Waals surface area contributed by atoms with Crippen LogP contribution in [0.2, 0.25) is 0 Å². The summed E-state index contributed by atoms with van der Waals surface area (Å²) < 4.78 is 5.12. The maximum Gasteiger partial charge on any atom is 0.311 e. The predicted molar refractivity (Wildman–Crippen MR) is 70.2 cm³/mol. The van der Waals surface area contributed by atoms with Crippen molar-refractivity contribution in [1.82, 2.24) is 0 Å². The molecule has 3 N–H and O–H groups in total. The highest BCUT2D eigenvalue weighted by molar-refractivity contribution is 5.72. The summed E-state index contributed by atoms with van der Waals surface area (Å²) in [6.45, 7) is 0.642. The molecule has 0 bridgehead atoms. The molecule has 0 fully saturated rings. The van der Waals surface area contributed by atoms with Crippen LogP contribution in [-0.2, 0) is 4.79 Å². The van der Waals surface area contributed by atoms with Crippen LogP contribution in [0.4, 0.5) is 0 Å². The van der Waals surface area contributed by atoms with Gasteiger partial charge in [-0.25, -0.2) is 0 Å². The number of ether oxygens (including phenoxy) is 1. The summed E-state index contributed by atoms with van der Waals surface area (Å²) in [7, 11) is 0. The highest BCUT2D eigenvalue weighted by atomic mass is 16.5. The molecule has 0 heterocycles. The Hall–Kier alpha value is -1.39. The molecular formula is C14H21NO3. The lowest BCUT2D eigenvalue weighted by Gasteiger charge is -2.09. The van der Waals surface area contributed by atoms with E-state index in [2.05, 4.69) is 0 Å². The average molecular weight is 251 g/mol. The van der Waals surface area contributed by atoms with Crippen LogP contribution in [-0.4, -0.2) is 23.7 Å². The van der Waals surface area contributed by atoms with E-state index in [1.807, 2.05) is 18.2 Å². The Balaban J connectivity index is 2.17. The summed E-state index contributed by atoms with van der Waals surface area (Å²) in [5.74, 6) is 0.235. The molecule has 1 aromatic rings. The van der Waals surface area contributed by atoms with E-state index in [9.17, 15) is 9.90 Å². The van der Waals surface area contributed by atoms with E-state index in [-0.39, 0.29) is 12.4 Å². The second-order valence-electron chi connectivity index (χ2n) is 4.26. The Morgan fingerprint density at radius 2 is 1.94 bits per heavy atom. The van der Waals surface area contributed by atoms with Crippen molar-refractivity contribution in [1.29, 1.82) is 0 Å². The predicted octanol–water partition coefficient (Wildman–Crippen LogP) is 1.86. The number of unbranched alkanes of at least 4 members (excludes halogenated alkanes) is 1. The first-order chi connectivity index (χ1) is 8.72. The maximum atomic E-state index is 11.5. The normalized spacial score (nSPS) is 12.1. The second-order valence-corrected chi connectivity index (χ2v) is 4.26. The van der Waals surface area contributed by atoms with Gasteiger partial charge >= 0.3 is 5.97 Å². The highest BCUT2D eigenvalue weighted by Crippen LogP contribution is 2.11. The van der Waals surface area contributed by atoms with Crippen LogP contribution in [0.25, 0.3) is 0 Å². The third kappa shape index (κ3) is 6.37. The van der Waals surface area contributed by atoms with E-state index in [0.717, 1.165) is 12.8 Å². The van der Waals surface area contributed by atoms with Crippen LogP contribution >= 0.6 is 0 Å². The molecule has 0 saturated carbocycles. The zero-order valence-corrected chi connectivity index (χ0v) is 10.5. The van der Waals surface area contributed by atoms with Gasteiger partial charge in [0.05, 0.1) is 6.10 Å². The Kier molecular flexibility index (Phi) is 7.06. The number of hydrogen-bond donors (Lipinski definition) is 2. The van der Waals surface area contributed by atoms with Crippen LogP contribution < -0.4 is 10.5 Å². The van der Waals surface area contributed by atoms with Crippen LogP contribution in [0.15, 0.2) is 30.3 Å². The zero-order chi connectivity index (χ0) is 13.2. The van der Waals surface area contributed by atoms with Gasteiger partial charge in [0.15, 0.2) is 0 Å². The first kappa shape index (κ1) is 14.7. The minimum absolute atomic E-state index is 0.235. The lowest BCUT2D eigenvalue weighted by Crippen LogP contribution is -2.14. The Morgan fingerprint density at radius 3 is 2.61 bits per heavy atom. The van der Waals surface area contributed by atoms with Crippen LogP contribution in [0, 0.1) is 0 Å². The largest absolute Gasteiger partial charge is 0.427 e. The molecule has 4 nitrogen and oxygen atoms in total. The van der Waals surface area contributed by atoms with E-state index in [1.54, 1.807) is 12.1 Å². The summed E-state index contributed by atoms with van der Waals surface area (Å²) >= 11 is 0. The van der Waals surface area contributed by atoms with Gasteiger partial charge in [0.2, 0.25) is 0 Å². The number of aliphatic hydroxyl groups excluding tert-OH is 1. The zero-order valence-electron chi connectivity index (χ0n) is 10.5. The van der Waals surface area contributed by atoms with Crippen molar-refractivity contribution < 1.29 is 14.6 Å². The fourth-order valence-electron chi connectivity index (χ4n) is 1.62. The SMILES string of the molecule is NCCCCC(O)CCC(=O)Oc1ccccc1. The molecule has 4 heteroatoms. The van der Waals surface area contributed by atoms with Gasteiger partial charge in [-0.2, -0.15) is 0 Å². The first-order valence-electron chi connectivity index (χ1n) is 6.36. The number of para-hydroxylation sites is 1. The van der Waals surface area contributed by atoms with Gasteiger partial charge in [-0.05, 0) is 44.4 Å². The highest BCUT2D eigenvalue weighted by Gasteiger charge is 2.09. The number of carbonyl (C=O) groups excluding carboxylic acids is 1. The number of hydrogen-bond acceptors (Lipinski definition) is 4. The third-order valence-electron chi connectivity index (χ3n) is 2.65. The summed E-state index contributed by atoms with van der Waals surface area (Å²) in [6, 6.07) is 8.94. The number of benzene rings is 1. The van der Waals surface area contributed by atoms with Crippen LogP contribution in [0.1, 0.15) is 32.1 Å². The fraction of sp³-hybridized carbons (Fsp3) is 0.500. The molecule has 1 atom stereocenters. The minimum Gasteiger partial charge on any atom is -0.427 e. The molecule has 0 aliphatic heterocycles. The maximum absolute atomic E-state index is 11.5. The molecule has 100 valence electrons. The fourth-order valence-corrected chi connectivity index (χ4v) is 1.62. The van der Waals surface area contributed by atoms with Gasteiger partial charge in [0, 0.05) is 6.42 Å².